The third-order valence-corrected chi connectivity index (χ3v) is 7.44. The van der Waals surface area contributed by atoms with E-state index in [1.54, 1.807) is 6.07 Å². The molecule has 0 spiro atoms. The summed E-state index contributed by atoms with van der Waals surface area (Å²) in [5, 5.41) is 21.8. The molecule has 4 heterocycles. The van der Waals surface area contributed by atoms with Crippen LogP contribution in [0.5, 0.6) is 0 Å². The number of halogens is 2. The van der Waals surface area contributed by atoms with Crippen LogP contribution in [0.25, 0.3) is 11.2 Å². The molecule has 176 valence electrons. The zero-order valence-electron chi connectivity index (χ0n) is 18.5. The number of nitrogens with zero attached hydrogens (tertiary/aromatic N) is 5. The molecule has 33 heavy (non-hydrogen) atoms. The van der Waals surface area contributed by atoms with Gasteiger partial charge in [-0.05, 0) is 55.8 Å². The van der Waals surface area contributed by atoms with Crippen molar-refractivity contribution in [3.05, 3.63) is 39.9 Å². The largest absolute Gasteiger partial charge is 0.395 e. The van der Waals surface area contributed by atoms with E-state index >= 15 is 0 Å². The SMILES string of the molecule is C[C@@H](Nc1cc(N2CC(C3CCCN(CCO)C3)C2)nc2onnc12)c1ccc(Cl)cc1Cl. The molecule has 2 aromatic heterocycles. The number of anilines is 2. The van der Waals surface area contributed by atoms with Crippen LogP contribution in [-0.4, -0.2) is 64.7 Å². The van der Waals surface area contributed by atoms with E-state index in [4.69, 9.17) is 27.7 Å². The molecule has 0 radical (unpaired) electrons. The number of aliphatic hydroxyl groups is 1. The minimum atomic E-state index is -0.0752. The Morgan fingerprint density at radius 3 is 2.85 bits per heavy atom. The number of β-amino-alcohol motifs (C(OH)–C–C–N with tert-alkyl or cyclic N) is 1. The third kappa shape index (κ3) is 4.75. The highest BCUT2D eigenvalue weighted by Crippen LogP contribution is 2.36. The predicted octanol–water partition coefficient (Wildman–Crippen LogP) is 4.24. The van der Waals surface area contributed by atoms with E-state index in [0.717, 1.165) is 49.8 Å². The minimum Gasteiger partial charge on any atom is -0.395 e. The number of benzene rings is 1. The zero-order chi connectivity index (χ0) is 22.9. The molecule has 8 nitrogen and oxygen atoms in total. The second-order valence-corrected chi connectivity index (χ2v) is 9.92. The smallest absolute Gasteiger partial charge is 0.282 e. The number of hydrogen-bond donors (Lipinski definition) is 2. The molecule has 0 aliphatic carbocycles. The van der Waals surface area contributed by atoms with Gasteiger partial charge in [0.25, 0.3) is 5.71 Å². The van der Waals surface area contributed by atoms with Crippen molar-refractivity contribution in [2.75, 3.05) is 49.5 Å². The molecule has 2 N–H and O–H groups in total. The Hall–Kier alpha value is -2.13. The minimum absolute atomic E-state index is 0.0752. The van der Waals surface area contributed by atoms with Gasteiger partial charge in [-0.25, -0.2) is 0 Å². The summed E-state index contributed by atoms with van der Waals surface area (Å²) in [7, 11) is 0. The number of rotatable bonds is 7. The topological polar surface area (TPSA) is 90.5 Å². The lowest BCUT2D eigenvalue weighted by molar-refractivity contribution is 0.102. The molecule has 2 aliphatic rings. The zero-order valence-corrected chi connectivity index (χ0v) is 20.1. The number of fused-ring (bicyclic) bond motifs is 1. The quantitative estimate of drug-likeness (QED) is 0.508. The van der Waals surface area contributed by atoms with Gasteiger partial charge in [0.2, 0.25) is 0 Å². The Bertz CT molecular complexity index is 1120. The van der Waals surface area contributed by atoms with Crippen LogP contribution in [0, 0.1) is 11.8 Å². The van der Waals surface area contributed by atoms with Crippen LogP contribution in [0.2, 0.25) is 10.0 Å². The van der Waals surface area contributed by atoms with E-state index in [1.807, 2.05) is 25.1 Å². The second-order valence-electron chi connectivity index (χ2n) is 9.08. The van der Waals surface area contributed by atoms with Gasteiger partial charge in [0.1, 0.15) is 5.82 Å². The van der Waals surface area contributed by atoms with Crippen LogP contribution in [0.4, 0.5) is 11.5 Å². The predicted molar refractivity (Wildman–Crippen MR) is 130 cm³/mol. The maximum absolute atomic E-state index is 9.27. The van der Waals surface area contributed by atoms with E-state index in [0.29, 0.717) is 33.1 Å². The molecule has 2 aliphatic heterocycles. The Morgan fingerprint density at radius 1 is 1.21 bits per heavy atom. The number of aliphatic hydroxyl groups excluding tert-OH is 1. The average Bonchev–Trinajstić information content (AvgIpc) is 3.22. The summed E-state index contributed by atoms with van der Waals surface area (Å²) in [6, 6.07) is 7.44. The standard InChI is InChI=1S/C23H28Cl2N6O2/c1-14(18-5-4-17(24)9-19(18)25)26-20-10-21(27-23-22(20)28-29-33-23)31-12-16(13-31)15-3-2-6-30(11-15)7-8-32/h4-5,9-10,14-16,32H,2-3,6-8,11-13H2,1H3,(H,26,27)/t14-,15?/m1/s1. The van der Waals surface area contributed by atoms with Crippen LogP contribution < -0.4 is 10.2 Å². The molecule has 2 atom stereocenters. The number of nitrogens with one attached hydrogen (secondary N) is 1. The summed E-state index contributed by atoms with van der Waals surface area (Å²) in [5.74, 6) is 2.17. The number of hydrogen-bond acceptors (Lipinski definition) is 8. The first kappa shape index (κ1) is 22.7. The van der Waals surface area contributed by atoms with Crippen molar-refractivity contribution < 1.29 is 9.63 Å². The van der Waals surface area contributed by atoms with Crippen LogP contribution in [-0.2, 0) is 0 Å². The van der Waals surface area contributed by atoms with Gasteiger partial charge >= 0.3 is 0 Å². The number of piperidine rings is 1. The van der Waals surface area contributed by atoms with Gasteiger partial charge in [0, 0.05) is 47.6 Å². The monoisotopic (exact) mass is 490 g/mol. The lowest BCUT2D eigenvalue weighted by Crippen LogP contribution is -2.54. The number of aromatic nitrogens is 3. The van der Waals surface area contributed by atoms with Crippen molar-refractivity contribution in [2.45, 2.75) is 25.8 Å². The summed E-state index contributed by atoms with van der Waals surface area (Å²) in [5.41, 5.74) is 2.77. The van der Waals surface area contributed by atoms with Crippen molar-refractivity contribution in [2.24, 2.45) is 11.8 Å². The van der Waals surface area contributed by atoms with Crippen molar-refractivity contribution in [3.63, 3.8) is 0 Å². The van der Waals surface area contributed by atoms with Crippen molar-refractivity contribution in [3.8, 4) is 0 Å². The van der Waals surface area contributed by atoms with Crippen molar-refractivity contribution in [1.82, 2.24) is 20.3 Å². The molecular weight excluding hydrogens is 463 g/mol. The Balaban J connectivity index is 1.30. The van der Waals surface area contributed by atoms with E-state index in [2.05, 4.69) is 30.5 Å². The van der Waals surface area contributed by atoms with Crippen molar-refractivity contribution in [1.29, 1.82) is 0 Å². The molecular formula is C23H28Cl2N6O2. The van der Waals surface area contributed by atoms with Gasteiger partial charge < -0.3 is 24.7 Å². The third-order valence-electron chi connectivity index (χ3n) is 6.88. The summed E-state index contributed by atoms with van der Waals surface area (Å²) < 4.78 is 5.32. The summed E-state index contributed by atoms with van der Waals surface area (Å²) in [4.78, 5) is 9.32. The van der Waals surface area contributed by atoms with E-state index in [-0.39, 0.29) is 12.6 Å². The molecule has 3 aromatic rings. The second kappa shape index (κ2) is 9.62. The fourth-order valence-corrected chi connectivity index (χ4v) is 5.59. The molecule has 0 bridgehead atoms. The fraction of sp³-hybridized carbons (Fsp3) is 0.522. The molecule has 1 unspecified atom stereocenters. The summed E-state index contributed by atoms with van der Waals surface area (Å²) in [6.45, 7) is 7.14. The maximum atomic E-state index is 9.27. The van der Waals surface area contributed by atoms with Crippen LogP contribution in [0.15, 0.2) is 28.8 Å². The first-order chi connectivity index (χ1) is 16.0. The average molecular weight is 491 g/mol. The normalized spacial score (nSPS) is 20.7. The first-order valence-corrected chi connectivity index (χ1v) is 12.2. The van der Waals surface area contributed by atoms with Gasteiger partial charge in [-0.2, -0.15) is 4.98 Å². The molecule has 2 fully saturated rings. The van der Waals surface area contributed by atoms with Crippen molar-refractivity contribution >= 4 is 45.9 Å². The highest BCUT2D eigenvalue weighted by Gasteiger charge is 2.36. The highest BCUT2D eigenvalue weighted by atomic mass is 35.5. The maximum Gasteiger partial charge on any atom is 0.282 e. The van der Waals surface area contributed by atoms with E-state index in [1.165, 1.54) is 12.8 Å². The van der Waals surface area contributed by atoms with Crippen LogP contribution >= 0.6 is 23.2 Å². The highest BCUT2D eigenvalue weighted by molar-refractivity contribution is 6.35. The molecule has 10 heteroatoms. The van der Waals surface area contributed by atoms with Crippen LogP contribution in [0.3, 0.4) is 0 Å². The number of pyridine rings is 1. The Morgan fingerprint density at radius 2 is 2.06 bits per heavy atom. The molecule has 0 saturated carbocycles. The molecule has 1 aromatic carbocycles. The van der Waals surface area contributed by atoms with Gasteiger partial charge in [0.05, 0.1) is 18.3 Å². The van der Waals surface area contributed by atoms with Gasteiger partial charge in [0.15, 0.2) is 5.52 Å². The Kier molecular flexibility index (Phi) is 6.60. The van der Waals surface area contributed by atoms with Gasteiger partial charge in [-0.15, -0.1) is 5.10 Å². The lowest BCUT2D eigenvalue weighted by Gasteiger charge is -2.47. The Labute approximate surface area is 202 Å². The van der Waals surface area contributed by atoms with Gasteiger partial charge in [-0.3, -0.25) is 0 Å². The van der Waals surface area contributed by atoms with E-state index < -0.39 is 0 Å². The summed E-state index contributed by atoms with van der Waals surface area (Å²) in [6.07, 6.45) is 2.46. The van der Waals surface area contributed by atoms with Crippen LogP contribution in [0.1, 0.15) is 31.4 Å². The fourth-order valence-electron chi connectivity index (χ4n) is 5.02. The lowest BCUT2D eigenvalue weighted by atomic mass is 9.80. The van der Waals surface area contributed by atoms with E-state index in [9.17, 15) is 5.11 Å². The first-order valence-electron chi connectivity index (χ1n) is 11.4. The van der Waals surface area contributed by atoms with Gasteiger partial charge in [-0.1, -0.05) is 29.3 Å². The summed E-state index contributed by atoms with van der Waals surface area (Å²) >= 11 is 12.5. The molecule has 0 amide bonds. The molecule has 5 rings (SSSR count). The molecule has 2 saturated heterocycles. The number of likely N-dealkylation sites (tertiary alicyclic amines) is 1.